The molecule has 0 bridgehead atoms. The molecule has 30 heavy (non-hydrogen) atoms. The lowest BCUT2D eigenvalue weighted by Gasteiger charge is -2.17. The highest BCUT2D eigenvalue weighted by molar-refractivity contribution is 5.94. The fraction of sp³-hybridized carbons (Fsp3) is 0.421. The van der Waals surface area contributed by atoms with Gasteiger partial charge in [-0.05, 0) is 31.4 Å². The number of nitrogens with one attached hydrogen (secondary N) is 2. The van der Waals surface area contributed by atoms with Gasteiger partial charge < -0.3 is 20.8 Å². The molecule has 11 nitrogen and oxygen atoms in total. The number of carbonyl (C=O) groups excluding carboxylic acids is 3. The Balaban J connectivity index is 2.28. The Morgan fingerprint density at radius 3 is 2.23 bits per heavy atom. The van der Waals surface area contributed by atoms with E-state index in [0.29, 0.717) is 24.9 Å². The fourth-order valence-corrected chi connectivity index (χ4v) is 2.41. The molecular weight excluding hydrogens is 398 g/mol. The SMILES string of the molecule is O=C(O)CCC(NC(=O)CN(O)C(=O)CCCCNC(=O)c1ccccc1)C(=O)O. The number of carbonyl (C=O) groups is 5. The summed E-state index contributed by atoms with van der Waals surface area (Å²) in [6, 6.07) is 7.18. The number of hydroxylamine groups is 2. The molecule has 3 amide bonds. The van der Waals surface area contributed by atoms with E-state index in [1.54, 1.807) is 30.3 Å². The van der Waals surface area contributed by atoms with Crippen LogP contribution in [0.25, 0.3) is 0 Å². The third-order valence-corrected chi connectivity index (χ3v) is 4.00. The summed E-state index contributed by atoms with van der Waals surface area (Å²) in [5, 5.41) is 32.2. The molecule has 0 aliphatic heterocycles. The molecule has 0 radical (unpaired) electrons. The van der Waals surface area contributed by atoms with E-state index in [4.69, 9.17) is 10.2 Å². The number of carboxylic acids is 2. The van der Waals surface area contributed by atoms with Crippen LogP contribution in [0, 0.1) is 0 Å². The van der Waals surface area contributed by atoms with Crippen LogP contribution in [0.5, 0.6) is 0 Å². The first-order valence-corrected chi connectivity index (χ1v) is 9.27. The zero-order chi connectivity index (χ0) is 22.5. The summed E-state index contributed by atoms with van der Waals surface area (Å²) in [5.74, 6) is -4.54. The monoisotopic (exact) mass is 423 g/mol. The summed E-state index contributed by atoms with van der Waals surface area (Å²) in [6.45, 7) is -0.447. The summed E-state index contributed by atoms with van der Waals surface area (Å²) in [6.07, 6.45) is -0.0414. The predicted molar refractivity (Wildman–Crippen MR) is 103 cm³/mol. The second-order valence-corrected chi connectivity index (χ2v) is 6.42. The van der Waals surface area contributed by atoms with E-state index in [2.05, 4.69) is 10.6 Å². The van der Waals surface area contributed by atoms with Crippen molar-refractivity contribution in [3.05, 3.63) is 35.9 Å². The van der Waals surface area contributed by atoms with Crippen LogP contribution in [-0.4, -0.2) is 69.3 Å². The zero-order valence-electron chi connectivity index (χ0n) is 16.2. The number of hydrogen-bond donors (Lipinski definition) is 5. The maximum Gasteiger partial charge on any atom is 0.326 e. The number of hydrogen-bond acceptors (Lipinski definition) is 6. The van der Waals surface area contributed by atoms with Crippen LogP contribution < -0.4 is 10.6 Å². The van der Waals surface area contributed by atoms with Crippen LogP contribution in [0.1, 0.15) is 42.5 Å². The minimum Gasteiger partial charge on any atom is -0.481 e. The maximum absolute atomic E-state index is 11.8. The van der Waals surface area contributed by atoms with E-state index in [9.17, 15) is 29.2 Å². The molecule has 0 heterocycles. The lowest BCUT2D eigenvalue weighted by molar-refractivity contribution is -0.169. The van der Waals surface area contributed by atoms with Gasteiger partial charge in [0.05, 0.1) is 0 Å². The van der Waals surface area contributed by atoms with Gasteiger partial charge in [0.25, 0.3) is 5.91 Å². The molecule has 1 aromatic rings. The minimum absolute atomic E-state index is 0.0770. The molecule has 11 heteroatoms. The molecule has 1 aromatic carbocycles. The van der Waals surface area contributed by atoms with Gasteiger partial charge in [0.2, 0.25) is 11.8 Å². The van der Waals surface area contributed by atoms with Crippen molar-refractivity contribution in [3.8, 4) is 0 Å². The first-order chi connectivity index (χ1) is 14.2. The van der Waals surface area contributed by atoms with Crippen molar-refractivity contribution in [2.75, 3.05) is 13.1 Å². The second-order valence-electron chi connectivity index (χ2n) is 6.42. The van der Waals surface area contributed by atoms with Crippen molar-refractivity contribution < 1.29 is 39.4 Å². The molecule has 0 aliphatic carbocycles. The second kappa shape index (κ2) is 12.9. The maximum atomic E-state index is 11.8. The van der Waals surface area contributed by atoms with Crippen molar-refractivity contribution >= 4 is 29.7 Å². The van der Waals surface area contributed by atoms with Crippen LogP contribution in [0.4, 0.5) is 0 Å². The molecule has 164 valence electrons. The molecular formula is C19H25N3O8. The molecule has 1 rings (SSSR count). The summed E-state index contributed by atoms with van der Waals surface area (Å²) < 4.78 is 0. The molecule has 5 N–H and O–H groups in total. The Kier molecular flexibility index (Phi) is 10.6. The number of unbranched alkanes of at least 4 members (excludes halogenated alkanes) is 1. The first-order valence-electron chi connectivity index (χ1n) is 9.27. The number of carboxylic acid groups (broad SMARTS) is 2. The van der Waals surface area contributed by atoms with Crippen molar-refractivity contribution in [2.24, 2.45) is 0 Å². The normalized spacial score (nSPS) is 11.2. The molecule has 0 saturated heterocycles. The summed E-state index contributed by atoms with van der Waals surface area (Å²) >= 11 is 0. The smallest absolute Gasteiger partial charge is 0.326 e. The molecule has 1 atom stereocenters. The molecule has 0 spiro atoms. The Morgan fingerprint density at radius 2 is 1.63 bits per heavy atom. The third kappa shape index (κ3) is 9.64. The lowest BCUT2D eigenvalue weighted by Crippen LogP contribution is -2.46. The van der Waals surface area contributed by atoms with Gasteiger partial charge >= 0.3 is 11.9 Å². The summed E-state index contributed by atoms with van der Waals surface area (Å²) in [7, 11) is 0. The van der Waals surface area contributed by atoms with Gasteiger partial charge in [-0.15, -0.1) is 0 Å². The largest absolute Gasteiger partial charge is 0.481 e. The molecule has 1 unspecified atom stereocenters. The van der Waals surface area contributed by atoms with Gasteiger partial charge in [-0.1, -0.05) is 18.2 Å². The quantitative estimate of drug-likeness (QED) is 0.170. The lowest BCUT2D eigenvalue weighted by atomic mass is 10.1. The van der Waals surface area contributed by atoms with Gasteiger partial charge in [-0.25, -0.2) is 9.86 Å². The highest BCUT2D eigenvalue weighted by Crippen LogP contribution is 2.02. The first kappa shape index (κ1) is 24.6. The van der Waals surface area contributed by atoms with Crippen LogP contribution in [0.15, 0.2) is 30.3 Å². The highest BCUT2D eigenvalue weighted by atomic mass is 16.5. The minimum atomic E-state index is -1.44. The van der Waals surface area contributed by atoms with Crippen molar-refractivity contribution in [1.82, 2.24) is 15.7 Å². The van der Waals surface area contributed by atoms with Crippen molar-refractivity contribution in [2.45, 2.75) is 38.1 Å². The van der Waals surface area contributed by atoms with Gasteiger partial charge in [0.15, 0.2) is 0 Å². The Morgan fingerprint density at radius 1 is 0.967 bits per heavy atom. The number of benzene rings is 1. The topological polar surface area (TPSA) is 173 Å². The number of amides is 3. The van der Waals surface area contributed by atoms with Crippen LogP contribution in [0.3, 0.4) is 0 Å². The number of rotatable bonds is 13. The third-order valence-electron chi connectivity index (χ3n) is 4.00. The molecule has 0 fully saturated rings. The summed E-state index contributed by atoms with van der Waals surface area (Å²) in [4.78, 5) is 57.0. The van der Waals surface area contributed by atoms with Crippen LogP contribution in [-0.2, 0) is 19.2 Å². The van der Waals surface area contributed by atoms with Gasteiger partial charge in [0, 0.05) is 24.9 Å². The number of aliphatic carboxylic acids is 2. The van der Waals surface area contributed by atoms with Gasteiger partial charge in [-0.2, -0.15) is 0 Å². The number of nitrogens with zero attached hydrogens (tertiary/aromatic N) is 1. The Labute approximate surface area is 172 Å². The highest BCUT2D eigenvalue weighted by Gasteiger charge is 2.23. The van der Waals surface area contributed by atoms with Crippen LogP contribution in [0.2, 0.25) is 0 Å². The van der Waals surface area contributed by atoms with Crippen LogP contribution >= 0.6 is 0 Å². The average Bonchev–Trinajstić information content (AvgIpc) is 2.70. The van der Waals surface area contributed by atoms with E-state index in [0.717, 1.165) is 0 Å². The van der Waals surface area contributed by atoms with E-state index < -0.39 is 42.8 Å². The molecule has 0 saturated carbocycles. The van der Waals surface area contributed by atoms with Gasteiger partial charge in [0.1, 0.15) is 12.6 Å². The van der Waals surface area contributed by atoms with E-state index in [1.807, 2.05) is 0 Å². The fourth-order valence-electron chi connectivity index (χ4n) is 2.41. The van der Waals surface area contributed by atoms with Gasteiger partial charge in [-0.3, -0.25) is 24.4 Å². The zero-order valence-corrected chi connectivity index (χ0v) is 16.2. The molecule has 0 aromatic heterocycles. The van der Waals surface area contributed by atoms with E-state index in [-0.39, 0.29) is 23.8 Å². The van der Waals surface area contributed by atoms with E-state index >= 15 is 0 Å². The predicted octanol–water partition coefficient (Wildman–Crippen LogP) is 0.239. The standard InChI is InChI=1S/C19H25N3O8/c23-15(21-14(19(28)29)9-10-17(25)26)12-22(30)16(24)8-4-5-11-20-18(27)13-6-2-1-3-7-13/h1-3,6-7,14,30H,4-5,8-12H2,(H,20,27)(H,21,23)(H,25,26)(H,28,29). The van der Waals surface area contributed by atoms with Crippen molar-refractivity contribution in [3.63, 3.8) is 0 Å². The average molecular weight is 423 g/mol. The summed E-state index contributed by atoms with van der Waals surface area (Å²) in [5.41, 5.74) is 0.518. The van der Waals surface area contributed by atoms with E-state index in [1.165, 1.54) is 0 Å². The Bertz CT molecular complexity index is 753. The Hall–Kier alpha value is -3.47. The molecule has 0 aliphatic rings. The van der Waals surface area contributed by atoms with Crippen molar-refractivity contribution in [1.29, 1.82) is 0 Å².